The largest absolute Gasteiger partial charge is 0.310 e. The molecule has 20 heavy (non-hydrogen) atoms. The van der Waals surface area contributed by atoms with Crippen molar-refractivity contribution in [2.45, 2.75) is 26.3 Å². The van der Waals surface area contributed by atoms with Crippen LogP contribution in [0.3, 0.4) is 0 Å². The molecule has 0 amide bonds. The monoisotopic (exact) mass is 360 g/mol. The highest BCUT2D eigenvalue weighted by atomic mass is 79.9. The van der Waals surface area contributed by atoms with E-state index in [0.717, 1.165) is 10.7 Å². The van der Waals surface area contributed by atoms with Gasteiger partial charge in [-0.05, 0) is 41.5 Å². The molecule has 2 aromatic rings. The van der Waals surface area contributed by atoms with Crippen LogP contribution in [0.25, 0.3) is 0 Å². The first-order chi connectivity index (χ1) is 9.52. The van der Waals surface area contributed by atoms with Crippen LogP contribution < -0.4 is 5.32 Å². The Balaban J connectivity index is 2.35. The van der Waals surface area contributed by atoms with Gasteiger partial charge in [0.25, 0.3) is 0 Å². The van der Waals surface area contributed by atoms with E-state index in [1.165, 1.54) is 23.5 Å². The van der Waals surface area contributed by atoms with Gasteiger partial charge in [-0.2, -0.15) is 0 Å². The highest BCUT2D eigenvalue weighted by molar-refractivity contribution is 9.10. The summed E-state index contributed by atoms with van der Waals surface area (Å²) < 4.78 is 28.5. The van der Waals surface area contributed by atoms with Gasteiger partial charge in [-0.15, -0.1) is 11.3 Å². The van der Waals surface area contributed by atoms with Gasteiger partial charge < -0.3 is 5.32 Å². The number of hydrogen-bond donors (Lipinski definition) is 1. The molecule has 108 valence electrons. The molecule has 0 aliphatic rings. The van der Waals surface area contributed by atoms with Gasteiger partial charge in [-0.1, -0.05) is 6.92 Å². The number of nitrogens with one attached hydrogen (secondary N) is 1. The van der Waals surface area contributed by atoms with E-state index in [2.05, 4.69) is 26.2 Å². The van der Waals surface area contributed by atoms with Gasteiger partial charge in [0.1, 0.15) is 11.6 Å². The maximum Gasteiger partial charge on any atom is 0.145 e. The van der Waals surface area contributed by atoms with Crippen LogP contribution in [0.5, 0.6) is 0 Å². The number of rotatable bonds is 5. The van der Waals surface area contributed by atoms with Crippen molar-refractivity contribution in [3.8, 4) is 0 Å². The van der Waals surface area contributed by atoms with Crippen molar-refractivity contribution in [2.24, 2.45) is 0 Å². The number of benzene rings is 1. The Bertz CT molecular complexity index is 601. The maximum atomic E-state index is 14.2. The lowest BCUT2D eigenvalue weighted by Crippen LogP contribution is -2.25. The third kappa shape index (κ3) is 3.42. The fraction of sp³-hybridized carbons (Fsp3) is 0.357. The van der Waals surface area contributed by atoms with Crippen LogP contribution >= 0.6 is 27.3 Å². The zero-order valence-electron chi connectivity index (χ0n) is 11.2. The smallest absolute Gasteiger partial charge is 0.145 e. The van der Waals surface area contributed by atoms with Gasteiger partial charge in [0.2, 0.25) is 0 Å². The highest BCUT2D eigenvalue weighted by Gasteiger charge is 2.22. The lowest BCUT2D eigenvalue weighted by atomic mass is 10.0. The lowest BCUT2D eigenvalue weighted by Gasteiger charge is -2.19. The molecule has 2 rings (SSSR count). The quantitative estimate of drug-likeness (QED) is 0.800. The Labute approximate surface area is 129 Å². The molecule has 6 heteroatoms. The van der Waals surface area contributed by atoms with Crippen molar-refractivity contribution >= 4 is 27.3 Å². The summed E-state index contributed by atoms with van der Waals surface area (Å²) in [6, 6.07) is 2.23. The number of hydrogen-bond acceptors (Lipinski definition) is 3. The Kier molecular flexibility index (Phi) is 5.23. The van der Waals surface area contributed by atoms with E-state index in [-0.39, 0.29) is 10.0 Å². The summed E-state index contributed by atoms with van der Waals surface area (Å²) in [7, 11) is 0. The summed E-state index contributed by atoms with van der Waals surface area (Å²) in [4.78, 5) is 4.36. The van der Waals surface area contributed by atoms with E-state index in [0.29, 0.717) is 13.0 Å². The molecule has 0 saturated carbocycles. The van der Waals surface area contributed by atoms with Crippen molar-refractivity contribution in [1.29, 1.82) is 0 Å². The van der Waals surface area contributed by atoms with Crippen molar-refractivity contribution in [2.75, 3.05) is 6.54 Å². The van der Waals surface area contributed by atoms with Crippen molar-refractivity contribution in [3.05, 3.63) is 49.9 Å². The van der Waals surface area contributed by atoms with Crippen LogP contribution in [0, 0.1) is 18.6 Å². The molecule has 0 aliphatic heterocycles. The molecular formula is C14H15BrF2N2S. The van der Waals surface area contributed by atoms with E-state index in [9.17, 15) is 8.78 Å². The Morgan fingerprint density at radius 3 is 2.75 bits per heavy atom. The summed E-state index contributed by atoms with van der Waals surface area (Å²) in [5.41, 5.74) is 0.990. The molecule has 0 fully saturated rings. The first kappa shape index (κ1) is 15.5. The first-order valence-corrected chi connectivity index (χ1v) is 7.98. The highest BCUT2D eigenvalue weighted by Crippen LogP contribution is 2.29. The topological polar surface area (TPSA) is 24.9 Å². The average molecular weight is 361 g/mol. The predicted molar refractivity (Wildman–Crippen MR) is 81.0 cm³/mol. The number of aromatic nitrogens is 1. The molecule has 1 heterocycles. The van der Waals surface area contributed by atoms with E-state index in [4.69, 9.17) is 0 Å². The molecule has 1 aromatic heterocycles. The molecule has 1 aromatic carbocycles. The Hall–Kier alpha value is -0.850. The summed E-state index contributed by atoms with van der Waals surface area (Å²) in [6.45, 7) is 4.44. The Morgan fingerprint density at radius 2 is 2.15 bits per heavy atom. The molecule has 2 nitrogen and oxygen atoms in total. The SMILES string of the molecule is CCNC(Cc1nc(C)cs1)c1c(F)ccc(Br)c1F. The number of thiazole rings is 1. The molecule has 0 spiro atoms. The van der Waals surface area contributed by atoms with Crippen molar-refractivity contribution in [1.82, 2.24) is 10.3 Å². The van der Waals surface area contributed by atoms with E-state index < -0.39 is 17.7 Å². The van der Waals surface area contributed by atoms with Crippen LogP contribution in [0.15, 0.2) is 22.0 Å². The molecule has 0 saturated heterocycles. The van der Waals surface area contributed by atoms with Crippen LogP contribution in [0.1, 0.15) is 29.2 Å². The molecule has 1 N–H and O–H groups in total. The maximum absolute atomic E-state index is 14.2. The van der Waals surface area contributed by atoms with E-state index >= 15 is 0 Å². The summed E-state index contributed by atoms with van der Waals surface area (Å²) in [6.07, 6.45) is 0.469. The summed E-state index contributed by atoms with van der Waals surface area (Å²) in [5, 5.41) is 5.94. The molecule has 1 unspecified atom stereocenters. The fourth-order valence-electron chi connectivity index (χ4n) is 2.06. The summed E-state index contributed by atoms with van der Waals surface area (Å²) in [5.74, 6) is -1.09. The fourth-order valence-corrected chi connectivity index (χ4v) is 3.22. The minimum atomic E-state index is -0.552. The standard InChI is InChI=1S/C14H15BrF2N2S/c1-3-18-11(6-12-19-8(2)7-20-12)13-10(16)5-4-9(15)14(13)17/h4-5,7,11,18H,3,6H2,1-2H3. The third-order valence-electron chi connectivity index (χ3n) is 2.92. The van der Waals surface area contributed by atoms with Gasteiger partial charge in [-0.3, -0.25) is 0 Å². The number of nitrogens with zero attached hydrogens (tertiary/aromatic N) is 1. The zero-order chi connectivity index (χ0) is 14.7. The average Bonchev–Trinajstić information content (AvgIpc) is 2.80. The molecule has 1 atom stereocenters. The Morgan fingerprint density at radius 1 is 1.40 bits per heavy atom. The molecule has 0 aliphatic carbocycles. The second kappa shape index (κ2) is 6.74. The van der Waals surface area contributed by atoms with Gasteiger partial charge in [-0.25, -0.2) is 13.8 Å². The van der Waals surface area contributed by atoms with E-state index in [1.54, 1.807) is 0 Å². The normalized spacial score (nSPS) is 12.7. The summed E-state index contributed by atoms with van der Waals surface area (Å²) >= 11 is 4.61. The minimum absolute atomic E-state index is 0.0640. The zero-order valence-corrected chi connectivity index (χ0v) is 13.6. The second-order valence-corrected chi connectivity index (χ2v) is 6.25. The lowest BCUT2D eigenvalue weighted by molar-refractivity contribution is 0.470. The van der Waals surface area contributed by atoms with Gasteiger partial charge in [0.05, 0.1) is 9.48 Å². The predicted octanol–water partition coefficient (Wildman–Crippen LogP) is 4.39. The number of halogens is 3. The van der Waals surface area contributed by atoms with Crippen molar-refractivity contribution in [3.63, 3.8) is 0 Å². The van der Waals surface area contributed by atoms with Gasteiger partial charge >= 0.3 is 0 Å². The van der Waals surface area contributed by atoms with Gasteiger partial charge in [0.15, 0.2) is 0 Å². The van der Waals surface area contributed by atoms with Crippen LogP contribution in [-0.4, -0.2) is 11.5 Å². The molecule has 0 bridgehead atoms. The molecular weight excluding hydrogens is 346 g/mol. The molecule has 0 radical (unpaired) electrons. The first-order valence-electron chi connectivity index (χ1n) is 6.30. The minimum Gasteiger partial charge on any atom is -0.310 e. The van der Waals surface area contributed by atoms with Crippen LogP contribution in [0.4, 0.5) is 8.78 Å². The van der Waals surface area contributed by atoms with E-state index in [1.807, 2.05) is 19.2 Å². The van der Waals surface area contributed by atoms with Crippen LogP contribution in [0.2, 0.25) is 0 Å². The second-order valence-electron chi connectivity index (χ2n) is 4.45. The van der Waals surface area contributed by atoms with Crippen LogP contribution in [-0.2, 0) is 6.42 Å². The van der Waals surface area contributed by atoms with Crippen molar-refractivity contribution < 1.29 is 8.78 Å². The van der Waals surface area contributed by atoms with Gasteiger partial charge in [0, 0.05) is 29.1 Å². The number of likely N-dealkylation sites (N-methyl/N-ethyl adjacent to an activating group) is 1. The number of aryl methyl sites for hydroxylation is 1. The third-order valence-corrected chi connectivity index (χ3v) is 4.53.